The lowest BCUT2D eigenvalue weighted by atomic mass is 9.98. The molecule has 1 aliphatic rings. The minimum atomic E-state index is -0.335. The van der Waals surface area contributed by atoms with E-state index < -0.39 is 0 Å². The predicted octanol–water partition coefficient (Wildman–Crippen LogP) is 2.38. The zero-order valence-electron chi connectivity index (χ0n) is 9.85. The molecule has 1 aliphatic heterocycles. The maximum atomic E-state index is 11.8. The molecule has 1 aromatic rings. The second kappa shape index (κ2) is 5.27. The van der Waals surface area contributed by atoms with Crippen molar-refractivity contribution >= 4 is 11.6 Å². The minimum Gasteiger partial charge on any atom is -0.461 e. The van der Waals surface area contributed by atoms with E-state index in [2.05, 4.69) is 0 Å². The summed E-state index contributed by atoms with van der Waals surface area (Å²) in [7, 11) is 0. The molecule has 92 valence electrons. The number of ether oxygens (including phenoxy) is 1. The first-order valence-corrected chi connectivity index (χ1v) is 5.89. The average Bonchev–Trinajstić information content (AvgIpc) is 2.82. The van der Waals surface area contributed by atoms with Gasteiger partial charge < -0.3 is 9.15 Å². The molecule has 0 aromatic carbocycles. The smallest absolute Gasteiger partial charge is 0.200 e. The number of furan rings is 1. The van der Waals surface area contributed by atoms with Gasteiger partial charge in [0, 0.05) is 6.42 Å². The summed E-state index contributed by atoms with van der Waals surface area (Å²) in [4.78, 5) is 23.0. The van der Waals surface area contributed by atoms with Crippen LogP contribution in [0.25, 0.3) is 0 Å². The quantitative estimate of drug-likeness (QED) is 0.753. The molecule has 0 bridgehead atoms. The number of carbonyl (C=O) groups excluding carboxylic acids is 2. The summed E-state index contributed by atoms with van der Waals surface area (Å²) in [5, 5.41) is 0. The fourth-order valence-corrected chi connectivity index (χ4v) is 2.09. The lowest BCUT2D eigenvalue weighted by Gasteiger charge is -2.27. The van der Waals surface area contributed by atoms with Gasteiger partial charge in [-0.3, -0.25) is 9.59 Å². The summed E-state index contributed by atoms with van der Waals surface area (Å²) >= 11 is 0. The Morgan fingerprint density at radius 3 is 2.88 bits per heavy atom. The number of carbonyl (C=O) groups is 2. The average molecular weight is 236 g/mol. The maximum Gasteiger partial charge on any atom is 0.200 e. The largest absolute Gasteiger partial charge is 0.461 e. The Bertz CT molecular complexity index is 394. The summed E-state index contributed by atoms with van der Waals surface area (Å²) < 4.78 is 10.6. The van der Waals surface area contributed by atoms with Crippen LogP contribution >= 0.6 is 0 Å². The highest BCUT2D eigenvalue weighted by atomic mass is 16.5. The third-order valence-electron chi connectivity index (χ3n) is 3.01. The van der Waals surface area contributed by atoms with Gasteiger partial charge >= 0.3 is 0 Å². The van der Waals surface area contributed by atoms with Crippen molar-refractivity contribution in [1.29, 1.82) is 0 Å². The van der Waals surface area contributed by atoms with Gasteiger partial charge in [-0.05, 0) is 38.3 Å². The summed E-state index contributed by atoms with van der Waals surface area (Å²) in [5.74, 6) is 0.336. The van der Waals surface area contributed by atoms with Gasteiger partial charge in [-0.2, -0.15) is 0 Å². The van der Waals surface area contributed by atoms with Gasteiger partial charge in [0.2, 0.25) is 5.78 Å². The molecule has 1 aromatic heterocycles. The first-order chi connectivity index (χ1) is 8.16. The summed E-state index contributed by atoms with van der Waals surface area (Å²) in [6.07, 6.45) is 3.80. The zero-order valence-corrected chi connectivity index (χ0v) is 9.85. The van der Waals surface area contributed by atoms with Crippen LogP contribution in [0.5, 0.6) is 0 Å². The number of ketones is 2. The number of Topliss-reactive ketones (excluding diaryl/α,β-unsaturated/α-hetero) is 2. The Hall–Kier alpha value is -1.42. The van der Waals surface area contributed by atoms with Gasteiger partial charge in [0.1, 0.15) is 6.10 Å². The van der Waals surface area contributed by atoms with E-state index in [1.807, 2.05) is 0 Å². The zero-order chi connectivity index (χ0) is 12.3. The van der Waals surface area contributed by atoms with Crippen molar-refractivity contribution in [2.45, 2.75) is 44.8 Å². The van der Waals surface area contributed by atoms with E-state index in [0.29, 0.717) is 5.76 Å². The van der Waals surface area contributed by atoms with Crippen LogP contribution in [0.3, 0.4) is 0 Å². The first kappa shape index (κ1) is 12.0. The summed E-state index contributed by atoms with van der Waals surface area (Å²) in [6, 6.07) is 3.33. The van der Waals surface area contributed by atoms with Crippen molar-refractivity contribution < 1.29 is 18.7 Å². The van der Waals surface area contributed by atoms with Crippen molar-refractivity contribution in [3.8, 4) is 0 Å². The van der Waals surface area contributed by atoms with Crippen LogP contribution < -0.4 is 0 Å². The topological polar surface area (TPSA) is 56.5 Å². The lowest BCUT2D eigenvalue weighted by molar-refractivity contribution is -0.136. The number of rotatable bonds is 4. The lowest BCUT2D eigenvalue weighted by Crippen LogP contribution is -2.33. The monoisotopic (exact) mass is 236 g/mol. The van der Waals surface area contributed by atoms with Crippen molar-refractivity contribution in [3.05, 3.63) is 24.2 Å². The number of hydrogen-bond acceptors (Lipinski definition) is 4. The molecule has 0 saturated carbocycles. The van der Waals surface area contributed by atoms with Gasteiger partial charge in [0.05, 0.1) is 12.4 Å². The van der Waals surface area contributed by atoms with Gasteiger partial charge in [-0.15, -0.1) is 0 Å². The minimum absolute atomic E-state index is 0.0418. The standard InChI is InChI=1S/C13H16O4/c1-9(14)12-5-2-4-10(17-12)8-11(15)13-6-3-7-16-13/h3,6-7,10,12H,2,4-5,8H2,1H3. The molecule has 0 spiro atoms. The predicted molar refractivity (Wildman–Crippen MR) is 60.8 cm³/mol. The van der Waals surface area contributed by atoms with E-state index in [9.17, 15) is 9.59 Å². The first-order valence-electron chi connectivity index (χ1n) is 5.89. The molecule has 2 rings (SSSR count). The second-order valence-corrected chi connectivity index (χ2v) is 4.39. The third kappa shape index (κ3) is 3.03. The van der Waals surface area contributed by atoms with Crippen molar-refractivity contribution in [3.63, 3.8) is 0 Å². The Kier molecular flexibility index (Phi) is 3.74. The Balaban J connectivity index is 1.91. The molecular formula is C13H16O4. The molecule has 2 atom stereocenters. The molecule has 4 nitrogen and oxygen atoms in total. The fourth-order valence-electron chi connectivity index (χ4n) is 2.09. The number of hydrogen-bond donors (Lipinski definition) is 0. The molecule has 0 amide bonds. The normalized spacial score (nSPS) is 24.5. The van der Waals surface area contributed by atoms with Crippen molar-refractivity contribution in [2.24, 2.45) is 0 Å². The fraction of sp³-hybridized carbons (Fsp3) is 0.538. The van der Waals surface area contributed by atoms with Crippen molar-refractivity contribution in [1.82, 2.24) is 0 Å². The van der Waals surface area contributed by atoms with Gasteiger partial charge in [-0.1, -0.05) is 0 Å². The molecule has 0 aliphatic carbocycles. The van der Waals surface area contributed by atoms with Crippen LogP contribution in [0.1, 0.15) is 43.2 Å². The van der Waals surface area contributed by atoms with Crippen LogP contribution in [-0.4, -0.2) is 23.8 Å². The molecule has 1 saturated heterocycles. The van der Waals surface area contributed by atoms with Crippen molar-refractivity contribution in [2.75, 3.05) is 0 Å². The third-order valence-corrected chi connectivity index (χ3v) is 3.01. The molecular weight excluding hydrogens is 220 g/mol. The van der Waals surface area contributed by atoms with Crippen LogP contribution in [-0.2, 0) is 9.53 Å². The Morgan fingerprint density at radius 1 is 1.41 bits per heavy atom. The van der Waals surface area contributed by atoms with E-state index >= 15 is 0 Å². The Morgan fingerprint density at radius 2 is 2.24 bits per heavy atom. The van der Waals surface area contributed by atoms with Gasteiger partial charge in [0.15, 0.2) is 11.5 Å². The Labute approximate surface area is 99.9 Å². The molecule has 2 heterocycles. The highest BCUT2D eigenvalue weighted by Crippen LogP contribution is 2.23. The van der Waals surface area contributed by atoms with Crippen LogP contribution in [0.2, 0.25) is 0 Å². The molecule has 0 N–H and O–H groups in total. The van der Waals surface area contributed by atoms with Crippen LogP contribution in [0.4, 0.5) is 0 Å². The molecule has 2 unspecified atom stereocenters. The van der Waals surface area contributed by atoms with Crippen LogP contribution in [0.15, 0.2) is 22.8 Å². The molecule has 0 radical (unpaired) electrons. The summed E-state index contributed by atoms with van der Waals surface area (Å²) in [6.45, 7) is 1.53. The molecule has 17 heavy (non-hydrogen) atoms. The van der Waals surface area contributed by atoms with E-state index in [0.717, 1.165) is 19.3 Å². The SMILES string of the molecule is CC(=O)C1CCCC(CC(=O)c2ccco2)O1. The van der Waals surface area contributed by atoms with Crippen LogP contribution in [0, 0.1) is 0 Å². The maximum absolute atomic E-state index is 11.8. The van der Waals surface area contributed by atoms with E-state index in [4.69, 9.17) is 9.15 Å². The van der Waals surface area contributed by atoms with E-state index in [-0.39, 0.29) is 30.2 Å². The summed E-state index contributed by atoms with van der Waals surface area (Å²) in [5.41, 5.74) is 0. The van der Waals surface area contributed by atoms with E-state index in [1.54, 1.807) is 12.1 Å². The van der Waals surface area contributed by atoms with Gasteiger partial charge in [-0.25, -0.2) is 0 Å². The second-order valence-electron chi connectivity index (χ2n) is 4.39. The van der Waals surface area contributed by atoms with E-state index in [1.165, 1.54) is 13.2 Å². The highest BCUT2D eigenvalue weighted by Gasteiger charge is 2.27. The van der Waals surface area contributed by atoms with Gasteiger partial charge in [0.25, 0.3) is 0 Å². The highest BCUT2D eigenvalue weighted by molar-refractivity contribution is 5.93. The molecule has 4 heteroatoms. The molecule has 1 fully saturated rings.